The van der Waals surface area contributed by atoms with Crippen molar-refractivity contribution in [3.63, 3.8) is 0 Å². The first-order valence-electron chi connectivity index (χ1n) is 10.8. The number of rotatable bonds is 11. The number of carbonyl (C=O) groups excluding carboxylic acids is 3. The van der Waals surface area contributed by atoms with Crippen molar-refractivity contribution < 1.29 is 24.2 Å². The molecule has 0 aliphatic rings. The Morgan fingerprint density at radius 1 is 1.10 bits per heavy atom. The molecule has 4 N–H and O–H groups in total. The van der Waals surface area contributed by atoms with Gasteiger partial charge >= 0.3 is 5.97 Å². The SMILES string of the molecule is CCC(C)C(N)C(=O)N(C)C(Cc1ccc(O)cc1)C(=O)NC(C(=O)OC)C(C)CC. The van der Waals surface area contributed by atoms with Gasteiger partial charge in [0.15, 0.2) is 0 Å². The smallest absolute Gasteiger partial charge is 0.328 e. The lowest BCUT2D eigenvalue weighted by molar-refractivity contribution is -0.148. The van der Waals surface area contributed by atoms with Crippen LogP contribution in [0.3, 0.4) is 0 Å². The number of carbonyl (C=O) groups is 3. The molecule has 8 heteroatoms. The number of hydrogen-bond acceptors (Lipinski definition) is 6. The molecule has 174 valence electrons. The van der Waals surface area contributed by atoms with Gasteiger partial charge in [-0.2, -0.15) is 0 Å². The van der Waals surface area contributed by atoms with E-state index in [-0.39, 0.29) is 29.9 Å². The van der Waals surface area contributed by atoms with Crippen LogP contribution in [0.4, 0.5) is 0 Å². The van der Waals surface area contributed by atoms with E-state index in [9.17, 15) is 19.5 Å². The van der Waals surface area contributed by atoms with Crippen LogP contribution in [0, 0.1) is 11.8 Å². The summed E-state index contributed by atoms with van der Waals surface area (Å²) < 4.78 is 4.86. The van der Waals surface area contributed by atoms with Crippen molar-refractivity contribution in [2.24, 2.45) is 17.6 Å². The fourth-order valence-electron chi connectivity index (χ4n) is 3.19. The fraction of sp³-hybridized carbons (Fsp3) is 0.609. The maximum atomic E-state index is 13.3. The van der Waals surface area contributed by atoms with E-state index >= 15 is 0 Å². The molecule has 0 aromatic heterocycles. The van der Waals surface area contributed by atoms with Crippen LogP contribution in [-0.4, -0.2) is 60.1 Å². The molecule has 31 heavy (non-hydrogen) atoms. The van der Waals surface area contributed by atoms with Gasteiger partial charge in [-0.1, -0.05) is 52.7 Å². The number of aromatic hydroxyl groups is 1. The number of benzene rings is 1. The molecule has 8 nitrogen and oxygen atoms in total. The second-order valence-electron chi connectivity index (χ2n) is 8.14. The molecule has 0 aliphatic carbocycles. The Hall–Kier alpha value is -2.61. The summed E-state index contributed by atoms with van der Waals surface area (Å²) in [6.07, 6.45) is 1.60. The van der Waals surface area contributed by atoms with Crippen LogP contribution in [0.5, 0.6) is 5.75 Å². The number of likely N-dealkylation sites (N-methyl/N-ethyl adjacent to an activating group) is 1. The van der Waals surface area contributed by atoms with Gasteiger partial charge < -0.3 is 25.8 Å². The van der Waals surface area contributed by atoms with Gasteiger partial charge in [0, 0.05) is 13.5 Å². The lowest BCUT2D eigenvalue weighted by Gasteiger charge is -2.32. The molecule has 2 amide bonds. The number of nitrogens with two attached hydrogens (primary N) is 1. The minimum atomic E-state index is -0.886. The fourth-order valence-corrected chi connectivity index (χ4v) is 3.19. The Labute approximate surface area is 185 Å². The maximum Gasteiger partial charge on any atom is 0.328 e. The first-order valence-corrected chi connectivity index (χ1v) is 10.8. The molecule has 0 radical (unpaired) electrons. The average Bonchev–Trinajstić information content (AvgIpc) is 2.78. The van der Waals surface area contributed by atoms with Crippen LogP contribution in [-0.2, 0) is 25.5 Å². The Morgan fingerprint density at radius 3 is 2.13 bits per heavy atom. The van der Waals surface area contributed by atoms with Crippen molar-refractivity contribution in [1.82, 2.24) is 10.2 Å². The molecule has 0 spiro atoms. The minimum absolute atomic E-state index is 0.0461. The Balaban J connectivity index is 3.20. The van der Waals surface area contributed by atoms with E-state index < -0.39 is 30.0 Å². The summed E-state index contributed by atoms with van der Waals surface area (Å²) in [6, 6.07) is 3.97. The van der Waals surface area contributed by atoms with Crippen LogP contribution in [0.15, 0.2) is 24.3 Å². The largest absolute Gasteiger partial charge is 0.508 e. The molecule has 0 bridgehead atoms. The van der Waals surface area contributed by atoms with Gasteiger partial charge in [0.1, 0.15) is 17.8 Å². The van der Waals surface area contributed by atoms with Crippen molar-refractivity contribution in [2.75, 3.05) is 14.2 Å². The van der Waals surface area contributed by atoms with Gasteiger partial charge in [0.25, 0.3) is 0 Å². The van der Waals surface area contributed by atoms with Gasteiger partial charge in [0.05, 0.1) is 13.2 Å². The highest BCUT2D eigenvalue weighted by molar-refractivity contribution is 5.92. The molecule has 1 aromatic rings. The molecule has 0 saturated carbocycles. The lowest BCUT2D eigenvalue weighted by atomic mass is 9.96. The molecule has 0 saturated heterocycles. The monoisotopic (exact) mass is 435 g/mol. The zero-order valence-electron chi connectivity index (χ0n) is 19.4. The molecule has 0 fully saturated rings. The quantitative estimate of drug-likeness (QED) is 0.456. The number of ether oxygens (including phenoxy) is 1. The van der Waals surface area contributed by atoms with Crippen molar-refractivity contribution >= 4 is 17.8 Å². The van der Waals surface area contributed by atoms with Gasteiger partial charge in [-0.15, -0.1) is 0 Å². The minimum Gasteiger partial charge on any atom is -0.508 e. The van der Waals surface area contributed by atoms with Gasteiger partial charge in [-0.05, 0) is 29.5 Å². The van der Waals surface area contributed by atoms with Crippen LogP contribution < -0.4 is 11.1 Å². The van der Waals surface area contributed by atoms with E-state index in [1.54, 1.807) is 19.2 Å². The molecule has 1 rings (SSSR count). The highest BCUT2D eigenvalue weighted by atomic mass is 16.5. The molecule has 5 unspecified atom stereocenters. The van der Waals surface area contributed by atoms with E-state index in [2.05, 4.69) is 5.32 Å². The number of methoxy groups -OCH3 is 1. The van der Waals surface area contributed by atoms with Crippen LogP contribution in [0.2, 0.25) is 0 Å². The number of hydrogen-bond donors (Lipinski definition) is 3. The van der Waals surface area contributed by atoms with Crippen LogP contribution in [0.1, 0.15) is 46.1 Å². The number of amides is 2. The number of esters is 1. The van der Waals surface area contributed by atoms with E-state index in [4.69, 9.17) is 10.5 Å². The standard InChI is InChI=1S/C23H37N3O5/c1-7-14(3)19(24)22(29)26(5)18(13-16-9-11-17(27)12-10-16)21(28)25-20(15(4)8-2)23(30)31-6/h9-12,14-15,18-20,27H,7-8,13,24H2,1-6H3,(H,25,28). The highest BCUT2D eigenvalue weighted by Crippen LogP contribution is 2.17. The summed E-state index contributed by atoms with van der Waals surface area (Å²) in [5, 5.41) is 12.3. The summed E-state index contributed by atoms with van der Waals surface area (Å²) >= 11 is 0. The molecule has 5 atom stereocenters. The second kappa shape index (κ2) is 12.3. The van der Waals surface area contributed by atoms with Gasteiger partial charge in [0.2, 0.25) is 11.8 Å². The predicted molar refractivity (Wildman–Crippen MR) is 119 cm³/mol. The predicted octanol–water partition coefficient (Wildman–Crippen LogP) is 1.84. The topological polar surface area (TPSA) is 122 Å². The Kier molecular flexibility index (Phi) is 10.5. The van der Waals surface area contributed by atoms with Crippen molar-refractivity contribution in [3.8, 4) is 5.75 Å². The third-order valence-electron chi connectivity index (χ3n) is 5.99. The zero-order valence-corrected chi connectivity index (χ0v) is 19.4. The first kappa shape index (κ1) is 26.4. The number of nitrogens with one attached hydrogen (secondary N) is 1. The second-order valence-corrected chi connectivity index (χ2v) is 8.14. The van der Waals surface area contributed by atoms with Crippen molar-refractivity contribution in [3.05, 3.63) is 29.8 Å². The number of phenolic OH excluding ortho intramolecular Hbond substituents is 1. The highest BCUT2D eigenvalue weighted by Gasteiger charge is 2.35. The van der Waals surface area contributed by atoms with Crippen molar-refractivity contribution in [2.45, 2.75) is 65.1 Å². The molecule has 0 heterocycles. The summed E-state index contributed by atoms with van der Waals surface area (Å²) in [4.78, 5) is 39.9. The molecular formula is C23H37N3O5. The van der Waals surface area contributed by atoms with E-state index in [0.717, 1.165) is 12.0 Å². The zero-order chi connectivity index (χ0) is 23.7. The summed E-state index contributed by atoms with van der Waals surface area (Å²) in [5.41, 5.74) is 6.89. The Bertz CT molecular complexity index is 737. The van der Waals surface area contributed by atoms with E-state index in [1.807, 2.05) is 27.7 Å². The first-order chi connectivity index (χ1) is 14.6. The third-order valence-corrected chi connectivity index (χ3v) is 5.99. The summed E-state index contributed by atoms with van der Waals surface area (Å²) in [5.74, 6) is -1.42. The summed E-state index contributed by atoms with van der Waals surface area (Å²) in [6.45, 7) is 7.61. The van der Waals surface area contributed by atoms with Crippen LogP contribution in [0.25, 0.3) is 0 Å². The van der Waals surface area contributed by atoms with Gasteiger partial charge in [-0.3, -0.25) is 9.59 Å². The third kappa shape index (κ3) is 7.24. The maximum absolute atomic E-state index is 13.3. The average molecular weight is 436 g/mol. The number of nitrogens with zero attached hydrogens (tertiary/aromatic N) is 1. The molecule has 1 aromatic carbocycles. The molecule has 0 aliphatic heterocycles. The molecular weight excluding hydrogens is 398 g/mol. The Morgan fingerprint density at radius 2 is 1.65 bits per heavy atom. The van der Waals surface area contributed by atoms with Crippen LogP contribution >= 0.6 is 0 Å². The van der Waals surface area contributed by atoms with E-state index in [1.165, 1.54) is 24.1 Å². The van der Waals surface area contributed by atoms with Crippen molar-refractivity contribution in [1.29, 1.82) is 0 Å². The van der Waals surface area contributed by atoms with E-state index in [0.29, 0.717) is 6.42 Å². The van der Waals surface area contributed by atoms with Gasteiger partial charge in [-0.25, -0.2) is 4.79 Å². The number of phenols is 1. The normalized spacial score (nSPS) is 15.8. The lowest BCUT2D eigenvalue weighted by Crippen LogP contribution is -2.57. The summed E-state index contributed by atoms with van der Waals surface area (Å²) in [7, 11) is 2.82.